The Labute approximate surface area is 140 Å². The molecule has 22 heavy (non-hydrogen) atoms. The first-order valence-corrected chi connectivity index (χ1v) is 10.1. The van der Waals surface area contributed by atoms with Gasteiger partial charge < -0.3 is 5.11 Å². The smallest absolute Gasteiger partial charge is 0.147 e. The van der Waals surface area contributed by atoms with Crippen molar-refractivity contribution in [2.24, 2.45) is 0 Å². The maximum atomic E-state index is 12.5. The molecule has 0 unspecified atom stereocenters. The minimum atomic E-state index is -1.01. The van der Waals surface area contributed by atoms with Crippen LogP contribution in [0.4, 0.5) is 0 Å². The largest absolute Gasteiger partial charge is 0.510 e. The van der Waals surface area contributed by atoms with Gasteiger partial charge in [0, 0.05) is 16.6 Å². The van der Waals surface area contributed by atoms with Crippen molar-refractivity contribution in [1.29, 1.82) is 0 Å². The molecule has 0 aromatic heterocycles. The molecule has 0 saturated carbocycles. The SMILES string of the molecule is CC[C@@]1(/C(O)=C/c2ccc(C(C)(C)C)cc2)SCCC[S@]1=O. The summed E-state index contributed by atoms with van der Waals surface area (Å²) in [6.45, 7) is 8.55. The summed E-state index contributed by atoms with van der Waals surface area (Å²) in [5.41, 5.74) is 2.35. The van der Waals surface area contributed by atoms with Gasteiger partial charge in [0.05, 0.1) is 0 Å². The summed E-state index contributed by atoms with van der Waals surface area (Å²) in [7, 11) is -1.01. The molecule has 1 heterocycles. The molecule has 1 N–H and O–H groups in total. The van der Waals surface area contributed by atoms with E-state index in [-0.39, 0.29) is 11.2 Å². The fraction of sp³-hybridized carbons (Fsp3) is 0.556. The molecule has 2 atom stereocenters. The Balaban J connectivity index is 2.29. The van der Waals surface area contributed by atoms with E-state index < -0.39 is 14.9 Å². The Hall–Kier alpha value is -0.740. The number of aliphatic hydroxyl groups excluding tert-OH is 1. The molecule has 0 spiro atoms. The molecule has 1 fully saturated rings. The number of benzene rings is 1. The highest BCUT2D eigenvalue weighted by molar-refractivity contribution is 8.13. The van der Waals surface area contributed by atoms with Crippen molar-refractivity contribution < 1.29 is 9.32 Å². The quantitative estimate of drug-likeness (QED) is 0.799. The monoisotopic (exact) mass is 338 g/mol. The number of hydrogen-bond acceptors (Lipinski definition) is 3. The van der Waals surface area contributed by atoms with E-state index in [4.69, 9.17) is 0 Å². The predicted octanol–water partition coefficient (Wildman–Crippen LogP) is 4.87. The second-order valence-corrected chi connectivity index (χ2v) is 10.2. The summed E-state index contributed by atoms with van der Waals surface area (Å²) in [5, 5.41) is 10.6. The lowest BCUT2D eigenvalue weighted by Gasteiger charge is -2.34. The van der Waals surface area contributed by atoms with Crippen LogP contribution in [0.3, 0.4) is 0 Å². The average Bonchev–Trinajstić information content (AvgIpc) is 2.47. The van der Waals surface area contributed by atoms with Gasteiger partial charge in [-0.3, -0.25) is 4.21 Å². The Kier molecular flexibility index (Phi) is 5.44. The molecule has 4 heteroatoms. The van der Waals surface area contributed by atoms with Gasteiger partial charge in [-0.25, -0.2) is 0 Å². The van der Waals surface area contributed by atoms with Gasteiger partial charge in [0.2, 0.25) is 0 Å². The van der Waals surface area contributed by atoms with Gasteiger partial charge in [0.15, 0.2) is 0 Å². The van der Waals surface area contributed by atoms with Crippen LogP contribution in [0.2, 0.25) is 0 Å². The third kappa shape index (κ3) is 3.60. The van der Waals surface area contributed by atoms with E-state index in [9.17, 15) is 9.32 Å². The molecule has 2 rings (SSSR count). The standard InChI is InChI=1S/C18H26O2S2/c1-5-18(21-11-6-12-22(18)20)16(19)13-14-7-9-15(10-8-14)17(2,3)4/h7-10,13,19H,5-6,11-12H2,1-4H3/b16-13-/t18-,22-/m1/s1. The van der Waals surface area contributed by atoms with Crippen molar-refractivity contribution in [1.82, 2.24) is 0 Å². The number of aliphatic hydroxyl groups is 1. The van der Waals surface area contributed by atoms with E-state index in [1.807, 2.05) is 19.1 Å². The molecule has 0 aliphatic carbocycles. The van der Waals surface area contributed by atoms with E-state index in [0.717, 1.165) is 17.7 Å². The molecule has 0 bridgehead atoms. The number of rotatable bonds is 3. The summed E-state index contributed by atoms with van der Waals surface area (Å²) >= 11 is 1.64. The molecule has 1 aromatic carbocycles. The van der Waals surface area contributed by atoms with Gasteiger partial charge in [0.25, 0.3) is 0 Å². The first-order valence-electron chi connectivity index (χ1n) is 7.84. The van der Waals surface area contributed by atoms with Crippen LogP contribution in [0.15, 0.2) is 30.0 Å². The van der Waals surface area contributed by atoms with Crippen LogP contribution in [0.25, 0.3) is 6.08 Å². The summed E-state index contributed by atoms with van der Waals surface area (Å²) < 4.78 is 11.8. The van der Waals surface area contributed by atoms with Crippen LogP contribution in [0.5, 0.6) is 0 Å². The summed E-state index contributed by atoms with van der Waals surface area (Å²) in [5.74, 6) is 1.89. The Morgan fingerprint density at radius 2 is 2.00 bits per heavy atom. The molecule has 122 valence electrons. The van der Waals surface area contributed by atoms with Crippen LogP contribution in [0, 0.1) is 0 Å². The van der Waals surface area contributed by atoms with Gasteiger partial charge in [-0.1, -0.05) is 52.0 Å². The highest BCUT2D eigenvalue weighted by Crippen LogP contribution is 2.43. The normalized spacial score (nSPS) is 26.9. The lowest BCUT2D eigenvalue weighted by Crippen LogP contribution is -2.37. The Morgan fingerprint density at radius 3 is 2.50 bits per heavy atom. The molecule has 1 aliphatic heterocycles. The fourth-order valence-electron chi connectivity index (χ4n) is 2.64. The minimum absolute atomic E-state index is 0.121. The van der Waals surface area contributed by atoms with Crippen LogP contribution in [-0.4, -0.2) is 24.9 Å². The zero-order valence-electron chi connectivity index (χ0n) is 13.9. The van der Waals surface area contributed by atoms with Gasteiger partial charge in [0.1, 0.15) is 9.84 Å². The van der Waals surface area contributed by atoms with E-state index >= 15 is 0 Å². The highest BCUT2D eigenvalue weighted by Gasteiger charge is 2.42. The van der Waals surface area contributed by atoms with Crippen LogP contribution < -0.4 is 0 Å². The third-order valence-corrected chi connectivity index (χ3v) is 8.37. The van der Waals surface area contributed by atoms with Crippen molar-refractivity contribution in [3.63, 3.8) is 0 Å². The third-order valence-electron chi connectivity index (χ3n) is 4.11. The van der Waals surface area contributed by atoms with Gasteiger partial charge in [-0.2, -0.15) is 0 Å². The Morgan fingerprint density at radius 1 is 1.36 bits per heavy atom. The number of thioether (sulfide) groups is 1. The highest BCUT2D eigenvalue weighted by atomic mass is 32.2. The molecule has 0 radical (unpaired) electrons. The van der Waals surface area contributed by atoms with E-state index in [1.165, 1.54) is 5.56 Å². The van der Waals surface area contributed by atoms with Crippen LogP contribution in [0.1, 0.15) is 51.7 Å². The maximum absolute atomic E-state index is 12.5. The van der Waals surface area contributed by atoms with Crippen LogP contribution >= 0.6 is 11.8 Å². The van der Waals surface area contributed by atoms with Gasteiger partial charge >= 0.3 is 0 Å². The van der Waals surface area contributed by atoms with E-state index in [0.29, 0.717) is 12.2 Å². The van der Waals surface area contributed by atoms with Gasteiger partial charge in [-0.15, -0.1) is 11.8 Å². The lowest BCUT2D eigenvalue weighted by atomic mass is 9.87. The van der Waals surface area contributed by atoms with Crippen LogP contribution in [-0.2, 0) is 16.2 Å². The zero-order valence-corrected chi connectivity index (χ0v) is 15.5. The summed E-state index contributed by atoms with van der Waals surface area (Å²) in [6.07, 6.45) is 3.44. The lowest BCUT2D eigenvalue weighted by molar-refractivity contribution is 0.384. The second kappa shape index (κ2) is 6.79. The van der Waals surface area contributed by atoms with Crippen molar-refractivity contribution in [2.45, 2.75) is 50.0 Å². The fourth-order valence-corrected chi connectivity index (χ4v) is 6.23. The predicted molar refractivity (Wildman–Crippen MR) is 98.9 cm³/mol. The van der Waals surface area contributed by atoms with Crippen molar-refractivity contribution in [3.05, 3.63) is 41.2 Å². The Bertz CT molecular complexity index is 570. The molecular weight excluding hydrogens is 312 g/mol. The first-order chi connectivity index (χ1) is 10.3. The van der Waals surface area contributed by atoms with Gasteiger partial charge in [-0.05, 0) is 41.2 Å². The molecular formula is C18H26O2S2. The maximum Gasteiger partial charge on any atom is 0.147 e. The summed E-state index contributed by atoms with van der Waals surface area (Å²) in [4.78, 5) is 0. The van der Waals surface area contributed by atoms with Crippen molar-refractivity contribution in [2.75, 3.05) is 11.5 Å². The summed E-state index contributed by atoms with van der Waals surface area (Å²) in [6, 6.07) is 8.25. The molecule has 1 aromatic rings. The molecule has 1 aliphatic rings. The molecule has 0 amide bonds. The topological polar surface area (TPSA) is 37.3 Å². The zero-order chi connectivity index (χ0) is 16.4. The minimum Gasteiger partial charge on any atom is -0.510 e. The molecule has 2 nitrogen and oxygen atoms in total. The first kappa shape index (κ1) is 17.6. The van der Waals surface area contributed by atoms with Crippen molar-refractivity contribution >= 4 is 28.6 Å². The van der Waals surface area contributed by atoms with E-state index in [2.05, 4.69) is 32.9 Å². The molecule has 1 saturated heterocycles. The van der Waals surface area contributed by atoms with E-state index in [1.54, 1.807) is 17.8 Å². The second-order valence-electron chi connectivity index (χ2n) is 6.76. The number of hydrogen-bond donors (Lipinski definition) is 1. The van der Waals surface area contributed by atoms with Crippen molar-refractivity contribution in [3.8, 4) is 0 Å². The average molecular weight is 339 g/mol.